The van der Waals surface area contributed by atoms with E-state index in [0.29, 0.717) is 0 Å². The zero-order chi connectivity index (χ0) is 9.84. The molecule has 1 aromatic rings. The highest BCUT2D eigenvalue weighted by Crippen LogP contribution is 2.10. The third-order valence-electron chi connectivity index (χ3n) is 1.55. The van der Waals surface area contributed by atoms with Crippen LogP contribution in [0.15, 0.2) is 18.2 Å². The van der Waals surface area contributed by atoms with Gasteiger partial charge in [-0.15, -0.1) is 0 Å². The molecule has 5 heteroatoms. The lowest BCUT2D eigenvalue weighted by atomic mass is 10.1. The Bertz CT molecular complexity index is 328. The van der Waals surface area contributed by atoms with E-state index in [-0.39, 0.29) is 17.7 Å². The van der Waals surface area contributed by atoms with Gasteiger partial charge in [-0.1, -0.05) is 0 Å². The second kappa shape index (κ2) is 4.43. The molecule has 0 heterocycles. The average Bonchev–Trinajstić information content (AvgIpc) is 2.06. The highest BCUT2D eigenvalue weighted by molar-refractivity contribution is 7.79. The Morgan fingerprint density at radius 3 is 2.69 bits per heavy atom. The molecule has 1 unspecified atom stereocenters. The van der Waals surface area contributed by atoms with Crippen molar-refractivity contribution in [2.75, 3.05) is 5.75 Å². The maximum absolute atomic E-state index is 12.9. The van der Waals surface area contributed by atoms with Crippen LogP contribution in [-0.2, 0) is 17.5 Å². The Labute approximate surface area is 76.9 Å². The van der Waals surface area contributed by atoms with Gasteiger partial charge in [-0.3, -0.25) is 0 Å². The Morgan fingerprint density at radius 2 is 2.08 bits per heavy atom. The molecule has 0 aliphatic rings. The maximum atomic E-state index is 12.9. The number of rotatable bonds is 3. The Kier molecular flexibility index (Phi) is 3.50. The summed E-state index contributed by atoms with van der Waals surface area (Å²) in [6.45, 7) is 0. The van der Waals surface area contributed by atoms with Crippen molar-refractivity contribution in [2.24, 2.45) is 0 Å². The maximum Gasteiger partial charge on any atom is 0.153 e. The van der Waals surface area contributed by atoms with E-state index >= 15 is 0 Å². The third kappa shape index (κ3) is 3.20. The Morgan fingerprint density at radius 1 is 1.38 bits per heavy atom. The molecule has 0 spiro atoms. The van der Waals surface area contributed by atoms with Gasteiger partial charge in [0, 0.05) is 0 Å². The minimum absolute atomic E-state index is 0.0622. The lowest BCUT2D eigenvalue weighted by molar-refractivity contribution is 0.560. The molecule has 0 saturated carbocycles. The van der Waals surface area contributed by atoms with Crippen molar-refractivity contribution in [3.8, 4) is 0 Å². The van der Waals surface area contributed by atoms with Crippen molar-refractivity contribution in [2.45, 2.75) is 6.42 Å². The van der Waals surface area contributed by atoms with Gasteiger partial charge in [0.2, 0.25) is 0 Å². The lowest BCUT2D eigenvalue weighted by Gasteiger charge is -2.00. The van der Waals surface area contributed by atoms with Gasteiger partial charge < -0.3 is 4.55 Å². The summed E-state index contributed by atoms with van der Waals surface area (Å²) in [6.07, 6.45) is 0.0622. The van der Waals surface area contributed by atoms with Crippen molar-refractivity contribution in [3.05, 3.63) is 35.4 Å². The molecule has 0 aliphatic carbocycles. The van der Waals surface area contributed by atoms with Crippen molar-refractivity contribution < 1.29 is 17.5 Å². The molecular formula is C8H8F2O2S. The fourth-order valence-corrected chi connectivity index (χ4v) is 1.33. The minimum Gasteiger partial charge on any atom is -0.306 e. The van der Waals surface area contributed by atoms with Crippen LogP contribution in [0, 0.1) is 11.6 Å². The molecule has 0 bridgehead atoms. The van der Waals surface area contributed by atoms with Gasteiger partial charge in [0.25, 0.3) is 0 Å². The molecule has 0 aliphatic heterocycles. The number of hydrogen-bond donors (Lipinski definition) is 1. The van der Waals surface area contributed by atoms with Gasteiger partial charge >= 0.3 is 0 Å². The predicted molar refractivity (Wildman–Crippen MR) is 45.7 cm³/mol. The number of benzene rings is 1. The summed E-state index contributed by atoms with van der Waals surface area (Å²) in [4.78, 5) is 0. The first-order valence-electron chi connectivity index (χ1n) is 3.61. The predicted octanol–water partition coefficient (Wildman–Crippen LogP) is 1.73. The fourth-order valence-electron chi connectivity index (χ4n) is 0.932. The van der Waals surface area contributed by atoms with E-state index < -0.39 is 22.7 Å². The van der Waals surface area contributed by atoms with Crippen LogP contribution in [0.2, 0.25) is 0 Å². The summed E-state index contributed by atoms with van der Waals surface area (Å²) in [7, 11) is 0. The number of aryl methyl sites for hydroxylation is 1. The highest BCUT2D eigenvalue weighted by Gasteiger charge is 2.04. The van der Waals surface area contributed by atoms with Crippen LogP contribution in [-0.4, -0.2) is 14.5 Å². The Balaban J connectivity index is 2.75. The van der Waals surface area contributed by atoms with E-state index in [2.05, 4.69) is 0 Å². The molecule has 0 aromatic heterocycles. The average molecular weight is 206 g/mol. The van der Waals surface area contributed by atoms with Crippen LogP contribution in [0.5, 0.6) is 0 Å². The molecule has 0 saturated heterocycles. The molecule has 0 fully saturated rings. The zero-order valence-corrected chi connectivity index (χ0v) is 7.48. The number of halogens is 2. The third-order valence-corrected chi connectivity index (χ3v) is 2.11. The topological polar surface area (TPSA) is 37.3 Å². The second-order valence-corrected chi connectivity index (χ2v) is 3.56. The number of hydrogen-bond acceptors (Lipinski definition) is 1. The molecular weight excluding hydrogens is 198 g/mol. The van der Waals surface area contributed by atoms with E-state index in [1.54, 1.807) is 0 Å². The summed E-state index contributed by atoms with van der Waals surface area (Å²) < 4.78 is 44.1. The molecule has 0 radical (unpaired) electrons. The molecule has 13 heavy (non-hydrogen) atoms. The summed E-state index contributed by atoms with van der Waals surface area (Å²) in [5.41, 5.74) is 0.127. The van der Waals surface area contributed by atoms with E-state index in [9.17, 15) is 13.0 Å². The standard InChI is InChI=1S/C8H8F2O2S/c9-7-1-2-8(10)6(5-7)3-4-13(11)12/h1-2,5H,3-4H2,(H,11,12). The van der Waals surface area contributed by atoms with Crippen LogP contribution in [0.3, 0.4) is 0 Å². The molecule has 1 rings (SSSR count). The fraction of sp³-hybridized carbons (Fsp3) is 0.250. The first-order valence-corrected chi connectivity index (χ1v) is 4.88. The molecule has 72 valence electrons. The molecule has 1 atom stereocenters. The van der Waals surface area contributed by atoms with Crippen LogP contribution >= 0.6 is 0 Å². The first-order chi connectivity index (χ1) is 6.09. The van der Waals surface area contributed by atoms with E-state index in [0.717, 1.165) is 18.2 Å². The van der Waals surface area contributed by atoms with Gasteiger partial charge in [-0.2, -0.15) is 0 Å². The Hall–Kier alpha value is -0.810. The summed E-state index contributed by atoms with van der Waals surface area (Å²) in [5.74, 6) is -1.17. The molecule has 0 amide bonds. The van der Waals surface area contributed by atoms with Gasteiger partial charge in [0.05, 0.1) is 5.75 Å². The second-order valence-electron chi connectivity index (χ2n) is 2.51. The van der Waals surface area contributed by atoms with Crippen molar-refractivity contribution in [1.82, 2.24) is 0 Å². The van der Waals surface area contributed by atoms with Crippen molar-refractivity contribution in [1.29, 1.82) is 0 Å². The SMILES string of the molecule is O=S(O)CCc1cc(F)ccc1F. The van der Waals surface area contributed by atoms with E-state index in [1.807, 2.05) is 0 Å². The van der Waals surface area contributed by atoms with Crippen LogP contribution in [0.4, 0.5) is 8.78 Å². The van der Waals surface area contributed by atoms with Gasteiger partial charge in [-0.25, -0.2) is 13.0 Å². The monoisotopic (exact) mass is 206 g/mol. The van der Waals surface area contributed by atoms with Crippen LogP contribution < -0.4 is 0 Å². The van der Waals surface area contributed by atoms with Crippen molar-refractivity contribution >= 4 is 11.1 Å². The summed E-state index contributed by atoms with van der Waals surface area (Å²) in [5, 5.41) is 0. The van der Waals surface area contributed by atoms with Crippen LogP contribution in [0.1, 0.15) is 5.56 Å². The first kappa shape index (κ1) is 10.3. The molecule has 1 N–H and O–H groups in total. The minimum atomic E-state index is -1.97. The van der Waals surface area contributed by atoms with E-state index in [4.69, 9.17) is 4.55 Å². The zero-order valence-electron chi connectivity index (χ0n) is 6.67. The van der Waals surface area contributed by atoms with Gasteiger partial charge in [-0.05, 0) is 30.2 Å². The normalized spacial score (nSPS) is 12.8. The summed E-state index contributed by atoms with van der Waals surface area (Å²) >= 11 is -1.97. The quantitative estimate of drug-likeness (QED) is 0.765. The largest absolute Gasteiger partial charge is 0.306 e. The van der Waals surface area contributed by atoms with Gasteiger partial charge in [0.15, 0.2) is 11.1 Å². The van der Waals surface area contributed by atoms with E-state index in [1.165, 1.54) is 0 Å². The molecule has 1 aromatic carbocycles. The van der Waals surface area contributed by atoms with Crippen LogP contribution in [0.25, 0.3) is 0 Å². The highest BCUT2D eigenvalue weighted by atomic mass is 32.2. The van der Waals surface area contributed by atoms with Gasteiger partial charge in [0.1, 0.15) is 11.6 Å². The smallest absolute Gasteiger partial charge is 0.153 e. The van der Waals surface area contributed by atoms with Crippen molar-refractivity contribution in [3.63, 3.8) is 0 Å². The lowest BCUT2D eigenvalue weighted by Crippen LogP contribution is -2.01. The molecule has 2 nitrogen and oxygen atoms in total. The summed E-state index contributed by atoms with van der Waals surface area (Å²) in [6, 6.07) is 3.04.